The van der Waals surface area contributed by atoms with E-state index in [1.165, 1.54) is 0 Å². The molecule has 0 amide bonds. The van der Waals surface area contributed by atoms with Crippen LogP contribution in [0.5, 0.6) is 0 Å². The van der Waals surface area contributed by atoms with E-state index in [2.05, 4.69) is 0 Å². The van der Waals surface area contributed by atoms with Crippen LogP contribution in [0.15, 0.2) is 11.1 Å². The first-order valence-electron chi connectivity index (χ1n) is 6.87. The first-order chi connectivity index (χ1) is 8.98. The zero-order chi connectivity index (χ0) is 16.8. The molecule has 0 nitrogen and oxygen atoms in total. The lowest BCUT2D eigenvalue weighted by Gasteiger charge is -2.39. The largest absolute Gasteiger partial charge is 0.486 e. The maximum Gasteiger partial charge on any atom is 0.486 e. The van der Waals surface area contributed by atoms with E-state index in [9.17, 15) is 24.6 Å². The summed E-state index contributed by atoms with van der Waals surface area (Å²) in [5, 5.41) is -4.77. The molecule has 1 saturated heterocycles. The summed E-state index contributed by atoms with van der Waals surface area (Å²) in [5.41, 5.74) is -1.96. The highest BCUT2D eigenvalue weighted by Gasteiger charge is 2.94. The van der Waals surface area contributed by atoms with E-state index in [0.29, 0.717) is 0 Å². The van der Waals surface area contributed by atoms with Crippen molar-refractivity contribution in [3.63, 3.8) is 0 Å². The van der Waals surface area contributed by atoms with E-state index in [-0.39, 0.29) is 11.1 Å². The monoisotopic (exact) mass is 362 g/mol. The molecule has 2 atom stereocenters. The molecule has 2 aliphatic heterocycles. The van der Waals surface area contributed by atoms with E-state index in [4.69, 9.17) is 0 Å². The lowest BCUT2D eigenvalue weighted by molar-refractivity contribution is 0.422. The lowest BCUT2D eigenvalue weighted by atomic mass is 9.76. The first kappa shape index (κ1) is 17.3. The van der Waals surface area contributed by atoms with Crippen LogP contribution in [0, 0.1) is 10.8 Å². The van der Waals surface area contributed by atoms with Crippen LogP contribution in [0.3, 0.4) is 0 Å². The Hall–Kier alpha value is -0.0294. The van der Waals surface area contributed by atoms with Gasteiger partial charge in [-0.1, -0.05) is 52.7 Å². The molecule has 0 radical (unpaired) electrons. The summed E-state index contributed by atoms with van der Waals surface area (Å²) in [7, 11) is -18.1. The van der Waals surface area contributed by atoms with Crippen molar-refractivity contribution in [1.29, 1.82) is 0 Å². The fourth-order valence-electron chi connectivity index (χ4n) is 3.77. The summed E-state index contributed by atoms with van der Waals surface area (Å²) < 4.78 is 86.0. The topological polar surface area (TPSA) is 0 Å². The van der Waals surface area contributed by atoms with E-state index < -0.39 is 46.4 Å². The van der Waals surface area contributed by atoms with Crippen LogP contribution in [0.25, 0.3) is 0 Å². The maximum absolute atomic E-state index is 14.6. The van der Waals surface area contributed by atoms with E-state index in [1.807, 2.05) is 0 Å². The Morgan fingerprint density at radius 3 is 1.05 bits per heavy atom. The van der Waals surface area contributed by atoms with Crippen molar-refractivity contribution in [3.05, 3.63) is 11.1 Å². The molecular weight excluding hydrogens is 342 g/mol. The van der Waals surface area contributed by atoms with Gasteiger partial charge < -0.3 is 0 Å². The van der Waals surface area contributed by atoms with Gasteiger partial charge in [-0.25, -0.2) is 0 Å². The quantitative estimate of drug-likeness (QED) is 0.233. The molecule has 0 aliphatic carbocycles. The number of halogens is 6. The van der Waals surface area contributed by atoms with Gasteiger partial charge in [0.05, 0.1) is 10.3 Å². The molecule has 0 saturated carbocycles. The molecule has 1 fully saturated rings. The number of fused-ring (bicyclic) bond motifs is 2. The van der Waals surface area contributed by atoms with Gasteiger partial charge in [-0.15, -0.1) is 0 Å². The third-order valence-electron chi connectivity index (χ3n) is 4.42. The Kier molecular flexibility index (Phi) is 3.37. The van der Waals surface area contributed by atoms with Crippen LogP contribution < -0.4 is 0 Å². The molecule has 0 aromatic rings. The predicted molar refractivity (Wildman–Crippen MR) is 77.3 cm³/mol. The van der Waals surface area contributed by atoms with Crippen molar-refractivity contribution in [1.82, 2.24) is 0 Å². The van der Waals surface area contributed by atoms with Crippen LogP contribution in [0.2, 0.25) is 10.3 Å². The second-order valence-corrected chi connectivity index (χ2v) is 19.4. The first-order valence-corrected chi connectivity index (χ1v) is 13.4. The van der Waals surface area contributed by atoms with Crippen LogP contribution in [0.1, 0.15) is 41.5 Å². The van der Waals surface area contributed by atoms with Gasteiger partial charge in [0, 0.05) is 0 Å². The van der Waals surface area contributed by atoms with Crippen LogP contribution in [-0.4, -0.2) is 25.3 Å². The molecule has 2 aliphatic rings. The average Bonchev–Trinajstić information content (AvgIpc) is 2.48. The van der Waals surface area contributed by atoms with Crippen molar-refractivity contribution in [3.8, 4) is 0 Å². The Morgan fingerprint density at radius 1 is 0.619 bits per heavy atom. The third kappa shape index (κ3) is 1.99. The Balaban J connectivity index is 2.86. The smallest absolute Gasteiger partial charge is 0.269 e. The standard InChI is InChI=1S/C12H20F6Si3/c1-11(2,3)7-8(12(4,5)6)10-19(13,14)9(7)20(15,16)21(10,17)18/h9-10H,1-6H3/t9-,10+. The molecule has 0 aromatic heterocycles. The summed E-state index contributed by atoms with van der Waals surface area (Å²) in [6.07, 6.45) is 0. The summed E-state index contributed by atoms with van der Waals surface area (Å²) in [6.45, 7) is 9.44. The molecule has 122 valence electrons. The molecule has 0 N–H and O–H groups in total. The number of hydrogen-bond donors (Lipinski definition) is 0. The van der Waals surface area contributed by atoms with Gasteiger partial charge in [-0.2, -0.15) is 0 Å². The van der Waals surface area contributed by atoms with Crippen molar-refractivity contribution >= 4 is 25.3 Å². The summed E-state index contributed by atoms with van der Waals surface area (Å²) in [5.74, 6) is 0. The van der Waals surface area contributed by atoms with E-state index >= 15 is 0 Å². The summed E-state index contributed by atoms with van der Waals surface area (Å²) in [4.78, 5) is 0. The van der Waals surface area contributed by atoms with E-state index in [0.717, 1.165) is 0 Å². The van der Waals surface area contributed by atoms with Gasteiger partial charge in [0.2, 0.25) is 0 Å². The SMILES string of the molecule is CC(C)(C)C1=C(C(C)(C)C)[C@H]2[Si](F)(F)[C@@H]1[Si](F)(F)[Si]2(F)F. The molecule has 21 heavy (non-hydrogen) atoms. The highest BCUT2D eigenvalue weighted by molar-refractivity contribution is 7.42. The lowest BCUT2D eigenvalue weighted by Crippen LogP contribution is -2.55. The third-order valence-corrected chi connectivity index (χ3v) is 20.1. The van der Waals surface area contributed by atoms with Gasteiger partial charge in [-0.05, 0) is 10.8 Å². The van der Waals surface area contributed by atoms with Crippen LogP contribution >= 0.6 is 0 Å². The molecule has 2 heterocycles. The van der Waals surface area contributed by atoms with Gasteiger partial charge in [-0.3, -0.25) is 24.6 Å². The minimum Gasteiger partial charge on any atom is -0.269 e. The van der Waals surface area contributed by atoms with Crippen LogP contribution in [-0.2, 0) is 0 Å². The number of hydrogen-bond acceptors (Lipinski definition) is 0. The maximum atomic E-state index is 14.6. The van der Waals surface area contributed by atoms with E-state index in [1.54, 1.807) is 41.5 Å². The predicted octanol–water partition coefficient (Wildman–Crippen LogP) is 5.44. The Morgan fingerprint density at radius 2 is 0.857 bits per heavy atom. The van der Waals surface area contributed by atoms with Crippen molar-refractivity contribution in [2.75, 3.05) is 0 Å². The molecular formula is C12H20F6Si3. The highest BCUT2D eigenvalue weighted by atomic mass is 29.3. The van der Waals surface area contributed by atoms with Crippen molar-refractivity contribution < 1.29 is 24.6 Å². The molecule has 9 heteroatoms. The molecule has 0 unspecified atom stereocenters. The molecule has 2 bridgehead atoms. The van der Waals surface area contributed by atoms with Gasteiger partial charge in [0.25, 0.3) is 0 Å². The van der Waals surface area contributed by atoms with Crippen molar-refractivity contribution in [2.45, 2.75) is 51.9 Å². The molecule has 0 spiro atoms. The average molecular weight is 363 g/mol. The Labute approximate surface area is 124 Å². The Bertz CT molecular complexity index is 468. The normalized spacial score (nSPS) is 33.7. The minimum absolute atomic E-state index is 0.0493. The zero-order valence-corrected chi connectivity index (χ0v) is 15.9. The summed E-state index contributed by atoms with van der Waals surface area (Å²) >= 11 is 0. The van der Waals surface area contributed by atoms with Crippen molar-refractivity contribution in [2.24, 2.45) is 10.8 Å². The fraction of sp³-hybridized carbons (Fsp3) is 0.833. The number of allylic oxidation sites excluding steroid dienone is 2. The van der Waals surface area contributed by atoms with Crippen LogP contribution in [0.4, 0.5) is 24.6 Å². The summed E-state index contributed by atoms with van der Waals surface area (Å²) in [6, 6.07) is 0. The van der Waals surface area contributed by atoms with Gasteiger partial charge >= 0.3 is 25.3 Å². The fourth-order valence-corrected chi connectivity index (χ4v) is 24.2. The second-order valence-electron chi connectivity index (χ2n) is 8.11. The molecule has 2 rings (SSSR count). The molecule has 0 aromatic carbocycles. The zero-order valence-electron chi connectivity index (χ0n) is 12.9. The van der Waals surface area contributed by atoms with Gasteiger partial charge in [0.1, 0.15) is 0 Å². The minimum atomic E-state index is -6.22. The number of rotatable bonds is 0. The highest BCUT2D eigenvalue weighted by Crippen LogP contribution is 2.74. The van der Waals surface area contributed by atoms with Gasteiger partial charge in [0.15, 0.2) is 0 Å². The second kappa shape index (κ2) is 4.08.